The van der Waals surface area contributed by atoms with Gasteiger partial charge in [-0.2, -0.15) is 0 Å². The molecule has 0 aromatic heterocycles. The number of hydrogen-bond acceptors (Lipinski definition) is 3. The van der Waals surface area contributed by atoms with E-state index in [4.69, 9.17) is 9.47 Å². The van der Waals surface area contributed by atoms with Crippen LogP contribution in [-0.2, 0) is 9.47 Å². The van der Waals surface area contributed by atoms with Crippen molar-refractivity contribution >= 4 is 22.6 Å². The van der Waals surface area contributed by atoms with E-state index >= 15 is 0 Å². The highest BCUT2D eigenvalue weighted by atomic mass is 127. The zero-order valence-electron chi connectivity index (χ0n) is 13.9. The van der Waals surface area contributed by atoms with Crippen molar-refractivity contribution < 1.29 is 9.47 Å². The predicted molar refractivity (Wildman–Crippen MR) is 96.0 cm³/mol. The number of alkyl halides is 1. The Morgan fingerprint density at radius 3 is 2.43 bits per heavy atom. The Kier molecular flexibility index (Phi) is 7.73. The van der Waals surface area contributed by atoms with Crippen LogP contribution in [0.3, 0.4) is 0 Å². The van der Waals surface area contributed by atoms with Crippen molar-refractivity contribution in [3.05, 3.63) is 0 Å². The molecule has 0 N–H and O–H groups in total. The molecule has 2 fully saturated rings. The third kappa shape index (κ3) is 6.71. The van der Waals surface area contributed by atoms with Crippen LogP contribution in [0.4, 0.5) is 0 Å². The minimum Gasteiger partial charge on any atom is -0.375 e. The van der Waals surface area contributed by atoms with E-state index in [1.165, 1.54) is 58.0 Å². The molecule has 0 aromatic rings. The van der Waals surface area contributed by atoms with Crippen LogP contribution >= 0.6 is 22.6 Å². The van der Waals surface area contributed by atoms with E-state index in [9.17, 15) is 0 Å². The molecular weight excluding hydrogens is 377 g/mol. The molecule has 1 aliphatic carbocycles. The summed E-state index contributed by atoms with van der Waals surface area (Å²) in [5, 5.41) is 0. The van der Waals surface area contributed by atoms with Crippen LogP contribution in [0.5, 0.6) is 0 Å². The SMILES string of the molecule is CC(I)OC1CCCC(CC(C)OC2CCN(C)CC2)C1. The lowest BCUT2D eigenvalue weighted by Crippen LogP contribution is -2.36. The molecule has 1 saturated carbocycles. The summed E-state index contributed by atoms with van der Waals surface area (Å²) in [6.45, 7) is 6.77. The summed E-state index contributed by atoms with van der Waals surface area (Å²) >= 11 is 2.36. The Morgan fingerprint density at radius 1 is 1.05 bits per heavy atom. The van der Waals surface area contributed by atoms with Crippen molar-refractivity contribution in [1.29, 1.82) is 0 Å². The molecule has 2 aliphatic rings. The van der Waals surface area contributed by atoms with Gasteiger partial charge in [0.05, 0.1) is 18.3 Å². The zero-order chi connectivity index (χ0) is 15.2. The second-order valence-electron chi connectivity index (χ2n) is 7.02. The number of likely N-dealkylation sites (tertiary alicyclic amines) is 1. The monoisotopic (exact) mass is 409 g/mol. The molecule has 124 valence electrons. The van der Waals surface area contributed by atoms with Gasteiger partial charge in [0, 0.05) is 13.1 Å². The van der Waals surface area contributed by atoms with Crippen LogP contribution in [0, 0.1) is 5.92 Å². The van der Waals surface area contributed by atoms with E-state index in [2.05, 4.69) is 48.4 Å². The molecule has 1 saturated heterocycles. The number of hydrogen-bond donors (Lipinski definition) is 0. The summed E-state index contributed by atoms with van der Waals surface area (Å²) in [6.07, 6.45) is 10.1. The third-order valence-electron chi connectivity index (χ3n) is 4.87. The van der Waals surface area contributed by atoms with Crippen molar-refractivity contribution in [3.63, 3.8) is 0 Å². The summed E-state index contributed by atoms with van der Waals surface area (Å²) in [4.78, 5) is 2.40. The normalized spacial score (nSPS) is 32.0. The molecular formula is C17H32INO2. The fourth-order valence-corrected chi connectivity index (χ4v) is 4.23. The Labute approximate surface area is 144 Å². The van der Waals surface area contributed by atoms with Crippen LogP contribution in [-0.4, -0.2) is 47.5 Å². The van der Waals surface area contributed by atoms with Gasteiger partial charge in [-0.05, 0) is 58.9 Å². The maximum atomic E-state index is 6.29. The number of ether oxygens (including phenoxy) is 2. The van der Waals surface area contributed by atoms with Gasteiger partial charge in [-0.15, -0.1) is 0 Å². The van der Waals surface area contributed by atoms with E-state index in [0.29, 0.717) is 22.4 Å². The summed E-state index contributed by atoms with van der Waals surface area (Å²) in [6, 6.07) is 0. The molecule has 0 aromatic carbocycles. The topological polar surface area (TPSA) is 21.7 Å². The van der Waals surface area contributed by atoms with Crippen LogP contribution in [0.1, 0.15) is 58.8 Å². The fourth-order valence-electron chi connectivity index (χ4n) is 3.82. The Balaban J connectivity index is 1.68. The van der Waals surface area contributed by atoms with Gasteiger partial charge < -0.3 is 14.4 Å². The molecule has 4 unspecified atom stereocenters. The Bertz CT molecular complexity index is 293. The molecule has 0 radical (unpaired) electrons. The number of halogens is 1. The van der Waals surface area contributed by atoms with Crippen LogP contribution in [0.2, 0.25) is 0 Å². The largest absolute Gasteiger partial charge is 0.375 e. The van der Waals surface area contributed by atoms with Crippen molar-refractivity contribution in [1.82, 2.24) is 4.90 Å². The first-order valence-corrected chi connectivity index (χ1v) is 9.91. The first kappa shape index (κ1) is 18.0. The van der Waals surface area contributed by atoms with Crippen molar-refractivity contribution in [2.45, 2.75) is 81.2 Å². The van der Waals surface area contributed by atoms with Gasteiger partial charge in [0.15, 0.2) is 0 Å². The third-order valence-corrected chi connectivity index (χ3v) is 5.16. The van der Waals surface area contributed by atoms with Gasteiger partial charge in [0.2, 0.25) is 0 Å². The summed E-state index contributed by atoms with van der Waals surface area (Å²) in [5.41, 5.74) is 0. The first-order valence-electron chi connectivity index (χ1n) is 8.66. The number of rotatable bonds is 6. The van der Waals surface area contributed by atoms with Crippen molar-refractivity contribution in [2.24, 2.45) is 5.92 Å². The van der Waals surface area contributed by atoms with Gasteiger partial charge in [-0.25, -0.2) is 0 Å². The molecule has 2 rings (SSSR count). The van der Waals surface area contributed by atoms with Gasteiger partial charge in [0.25, 0.3) is 0 Å². The van der Waals surface area contributed by atoms with Crippen LogP contribution in [0.15, 0.2) is 0 Å². The molecule has 0 bridgehead atoms. The summed E-state index contributed by atoms with van der Waals surface area (Å²) in [5.74, 6) is 0.792. The average molecular weight is 409 g/mol. The fraction of sp³-hybridized carbons (Fsp3) is 1.00. The van der Waals surface area contributed by atoms with Crippen LogP contribution < -0.4 is 0 Å². The van der Waals surface area contributed by atoms with E-state index < -0.39 is 0 Å². The van der Waals surface area contributed by atoms with E-state index in [-0.39, 0.29) is 0 Å². The minimum absolute atomic E-state index is 0.333. The predicted octanol–water partition coefficient (Wildman–Crippen LogP) is 4.23. The van der Waals surface area contributed by atoms with E-state index in [1.54, 1.807) is 0 Å². The van der Waals surface area contributed by atoms with Gasteiger partial charge in [-0.1, -0.05) is 35.4 Å². The number of piperidine rings is 1. The molecule has 21 heavy (non-hydrogen) atoms. The lowest BCUT2D eigenvalue weighted by molar-refractivity contribution is -0.0501. The second-order valence-corrected chi connectivity index (χ2v) is 8.77. The maximum absolute atomic E-state index is 6.29. The molecule has 4 heteroatoms. The summed E-state index contributed by atoms with van der Waals surface area (Å²) < 4.78 is 12.6. The van der Waals surface area contributed by atoms with Crippen LogP contribution in [0.25, 0.3) is 0 Å². The highest BCUT2D eigenvalue weighted by Gasteiger charge is 2.26. The van der Waals surface area contributed by atoms with Crippen molar-refractivity contribution in [3.8, 4) is 0 Å². The zero-order valence-corrected chi connectivity index (χ0v) is 16.0. The van der Waals surface area contributed by atoms with Crippen molar-refractivity contribution in [2.75, 3.05) is 20.1 Å². The van der Waals surface area contributed by atoms with Gasteiger partial charge in [-0.3, -0.25) is 0 Å². The Hall–Kier alpha value is 0.610. The lowest BCUT2D eigenvalue weighted by atomic mass is 9.84. The number of nitrogens with zero attached hydrogens (tertiary/aromatic N) is 1. The highest BCUT2D eigenvalue weighted by Crippen LogP contribution is 2.31. The highest BCUT2D eigenvalue weighted by molar-refractivity contribution is 14.1. The summed E-state index contributed by atoms with van der Waals surface area (Å²) in [7, 11) is 2.20. The molecule has 4 atom stereocenters. The first-order chi connectivity index (χ1) is 10.0. The standard InChI is InChI=1S/C17H32INO2/c1-13(20-16-7-9-19(3)10-8-16)11-15-5-4-6-17(12-15)21-14(2)18/h13-17H,4-12H2,1-3H3. The van der Waals surface area contributed by atoms with E-state index in [0.717, 1.165) is 5.92 Å². The molecule has 1 heterocycles. The quantitative estimate of drug-likeness (QED) is 0.484. The molecule has 0 amide bonds. The minimum atomic E-state index is 0.333. The van der Waals surface area contributed by atoms with E-state index in [1.807, 2.05) is 0 Å². The molecule has 3 nitrogen and oxygen atoms in total. The molecule has 1 aliphatic heterocycles. The maximum Gasteiger partial charge on any atom is 0.106 e. The Morgan fingerprint density at radius 2 is 1.76 bits per heavy atom. The second kappa shape index (κ2) is 9.04. The molecule has 0 spiro atoms. The lowest BCUT2D eigenvalue weighted by Gasteiger charge is -2.34. The average Bonchev–Trinajstić information content (AvgIpc) is 2.41. The van der Waals surface area contributed by atoms with Gasteiger partial charge in [0.1, 0.15) is 4.11 Å². The smallest absolute Gasteiger partial charge is 0.106 e. The van der Waals surface area contributed by atoms with Gasteiger partial charge >= 0.3 is 0 Å².